The summed E-state index contributed by atoms with van der Waals surface area (Å²) in [7, 11) is 1.54. The number of hydrogen-bond acceptors (Lipinski definition) is 5. The molecule has 1 aromatic rings. The van der Waals surface area contributed by atoms with E-state index in [1.807, 2.05) is 0 Å². The number of ether oxygens (including phenoxy) is 1. The summed E-state index contributed by atoms with van der Waals surface area (Å²) in [6, 6.07) is 8.45. The van der Waals surface area contributed by atoms with E-state index in [1.54, 1.807) is 37.4 Å². The van der Waals surface area contributed by atoms with Crippen LogP contribution in [0.1, 0.15) is 6.42 Å². The summed E-state index contributed by atoms with van der Waals surface area (Å²) in [4.78, 5) is 24.1. The second-order valence-electron chi connectivity index (χ2n) is 4.32. The minimum absolute atomic E-state index is 0.167. The van der Waals surface area contributed by atoms with Crippen LogP contribution in [0.3, 0.4) is 0 Å². The lowest BCUT2D eigenvalue weighted by Gasteiger charge is -2.12. The predicted octanol–water partition coefficient (Wildman–Crippen LogP) is 0.848. The van der Waals surface area contributed by atoms with Gasteiger partial charge in [-0.25, -0.2) is 0 Å². The highest BCUT2D eigenvalue weighted by Crippen LogP contribution is 2.15. The molecule has 3 N–H and O–H groups in total. The topological polar surface area (TPSA) is 108 Å². The normalized spacial score (nSPS) is 10.5. The zero-order valence-electron chi connectivity index (χ0n) is 12.3. The van der Waals surface area contributed by atoms with E-state index in [0.717, 1.165) is 0 Å². The maximum Gasteiger partial charge on any atom is 0.267 e. The molecule has 0 bridgehead atoms. The summed E-state index contributed by atoms with van der Waals surface area (Å²) in [5.41, 5.74) is 5.72. The van der Waals surface area contributed by atoms with Crippen LogP contribution in [0.2, 0.25) is 0 Å². The Morgan fingerprint density at radius 3 is 2.64 bits per heavy atom. The molecule has 7 heteroatoms. The first-order valence-corrected chi connectivity index (χ1v) is 6.63. The molecule has 0 saturated carbocycles. The van der Waals surface area contributed by atoms with Crippen molar-refractivity contribution < 1.29 is 14.3 Å². The van der Waals surface area contributed by atoms with E-state index in [1.165, 1.54) is 11.1 Å². The van der Waals surface area contributed by atoms with Crippen molar-refractivity contribution in [1.29, 1.82) is 5.26 Å². The van der Waals surface area contributed by atoms with E-state index in [-0.39, 0.29) is 5.57 Å². The second kappa shape index (κ2) is 9.15. The fraction of sp³-hybridized carbons (Fsp3) is 0.267. The van der Waals surface area contributed by atoms with Gasteiger partial charge in [-0.15, -0.1) is 0 Å². The van der Waals surface area contributed by atoms with Gasteiger partial charge in [0.25, 0.3) is 5.91 Å². The number of nitrogens with zero attached hydrogens (tertiary/aromatic N) is 2. The maximum absolute atomic E-state index is 12.0. The third-order valence-corrected chi connectivity index (χ3v) is 2.76. The molecular formula is C15H18N4O3. The number of nitrogens with one attached hydrogen (secondary N) is 1. The van der Waals surface area contributed by atoms with Crippen LogP contribution in [0, 0.1) is 11.3 Å². The van der Waals surface area contributed by atoms with Crippen LogP contribution in [-0.4, -0.2) is 37.4 Å². The quantitative estimate of drug-likeness (QED) is 0.420. The van der Waals surface area contributed by atoms with Gasteiger partial charge in [-0.3, -0.25) is 9.59 Å². The van der Waals surface area contributed by atoms with Crippen LogP contribution in [0.5, 0.6) is 5.75 Å². The Balaban J connectivity index is 2.78. The summed E-state index contributed by atoms with van der Waals surface area (Å²) in [5.74, 6) is 0.0650. The van der Waals surface area contributed by atoms with E-state index in [2.05, 4.69) is 5.32 Å². The SMILES string of the molecule is COc1ccc(NC(=O)/C(C#N)=C\N(C=O)CCCN)cc1. The first-order chi connectivity index (χ1) is 10.6. The average molecular weight is 302 g/mol. The minimum atomic E-state index is -0.590. The molecule has 0 spiro atoms. The molecule has 0 aliphatic rings. The van der Waals surface area contributed by atoms with Gasteiger partial charge in [0.1, 0.15) is 17.4 Å². The van der Waals surface area contributed by atoms with E-state index in [9.17, 15) is 9.59 Å². The lowest BCUT2D eigenvalue weighted by atomic mass is 10.2. The van der Waals surface area contributed by atoms with Gasteiger partial charge < -0.3 is 20.7 Å². The molecule has 7 nitrogen and oxygen atoms in total. The molecule has 0 fully saturated rings. The Morgan fingerprint density at radius 1 is 1.45 bits per heavy atom. The van der Waals surface area contributed by atoms with Crippen LogP contribution < -0.4 is 15.8 Å². The largest absolute Gasteiger partial charge is 0.497 e. The van der Waals surface area contributed by atoms with Gasteiger partial charge in [-0.2, -0.15) is 5.26 Å². The van der Waals surface area contributed by atoms with Crippen LogP contribution in [0.25, 0.3) is 0 Å². The Labute approximate surface area is 129 Å². The number of nitrogens with two attached hydrogens (primary N) is 1. The maximum atomic E-state index is 12.0. The number of nitriles is 1. The van der Waals surface area contributed by atoms with Crippen LogP contribution in [-0.2, 0) is 9.59 Å². The Hall–Kier alpha value is -2.85. The molecule has 2 amide bonds. The third-order valence-electron chi connectivity index (χ3n) is 2.76. The summed E-state index contributed by atoms with van der Waals surface area (Å²) in [5, 5.41) is 11.6. The molecule has 0 aromatic heterocycles. The summed E-state index contributed by atoms with van der Waals surface area (Å²) < 4.78 is 5.02. The summed E-state index contributed by atoms with van der Waals surface area (Å²) in [6.45, 7) is 0.763. The zero-order valence-corrected chi connectivity index (χ0v) is 12.3. The lowest BCUT2D eigenvalue weighted by molar-refractivity contribution is -0.116. The number of methoxy groups -OCH3 is 1. The van der Waals surface area contributed by atoms with Gasteiger partial charge in [0.05, 0.1) is 7.11 Å². The smallest absolute Gasteiger partial charge is 0.267 e. The first-order valence-electron chi connectivity index (χ1n) is 6.63. The van der Waals surface area contributed by atoms with Gasteiger partial charge in [0, 0.05) is 18.4 Å². The predicted molar refractivity (Wildman–Crippen MR) is 81.8 cm³/mol. The highest BCUT2D eigenvalue weighted by Gasteiger charge is 2.11. The van der Waals surface area contributed by atoms with Crippen molar-refractivity contribution in [2.45, 2.75) is 6.42 Å². The van der Waals surface area contributed by atoms with Gasteiger partial charge in [0.2, 0.25) is 6.41 Å². The molecule has 0 unspecified atom stereocenters. The number of hydrogen-bond donors (Lipinski definition) is 2. The van der Waals surface area contributed by atoms with Crippen LogP contribution >= 0.6 is 0 Å². The fourth-order valence-corrected chi connectivity index (χ4v) is 1.60. The zero-order chi connectivity index (χ0) is 16.4. The molecule has 0 aliphatic heterocycles. The molecule has 1 rings (SSSR count). The van der Waals surface area contributed by atoms with Crippen molar-refractivity contribution >= 4 is 18.0 Å². The third kappa shape index (κ3) is 5.26. The van der Waals surface area contributed by atoms with Gasteiger partial charge in [-0.05, 0) is 37.2 Å². The number of amides is 2. The Bertz CT molecular complexity index is 575. The van der Waals surface area contributed by atoms with Gasteiger partial charge in [0.15, 0.2) is 0 Å². The van der Waals surface area contributed by atoms with Crippen molar-refractivity contribution in [1.82, 2.24) is 4.90 Å². The van der Waals surface area contributed by atoms with Gasteiger partial charge in [-0.1, -0.05) is 0 Å². The van der Waals surface area contributed by atoms with Crippen molar-refractivity contribution in [3.8, 4) is 11.8 Å². The van der Waals surface area contributed by atoms with E-state index < -0.39 is 5.91 Å². The molecule has 116 valence electrons. The Kier molecular flexibility index (Phi) is 7.16. The van der Waals surface area contributed by atoms with Crippen molar-refractivity contribution in [3.63, 3.8) is 0 Å². The molecule has 22 heavy (non-hydrogen) atoms. The van der Waals surface area contributed by atoms with Crippen molar-refractivity contribution in [2.75, 3.05) is 25.5 Å². The van der Waals surface area contributed by atoms with Gasteiger partial charge >= 0.3 is 0 Å². The number of anilines is 1. The highest BCUT2D eigenvalue weighted by molar-refractivity contribution is 6.06. The fourth-order valence-electron chi connectivity index (χ4n) is 1.60. The van der Waals surface area contributed by atoms with E-state index in [0.29, 0.717) is 37.4 Å². The molecule has 0 atom stereocenters. The molecule has 0 aliphatic carbocycles. The molecule has 0 radical (unpaired) electrons. The first kappa shape index (κ1) is 17.2. The Morgan fingerprint density at radius 2 is 2.14 bits per heavy atom. The molecule has 0 saturated heterocycles. The highest BCUT2D eigenvalue weighted by atomic mass is 16.5. The summed E-state index contributed by atoms with van der Waals surface area (Å²) >= 11 is 0. The van der Waals surface area contributed by atoms with E-state index >= 15 is 0 Å². The summed E-state index contributed by atoms with van der Waals surface area (Å²) in [6.07, 6.45) is 2.34. The molecule has 0 heterocycles. The minimum Gasteiger partial charge on any atom is -0.497 e. The lowest BCUT2D eigenvalue weighted by Crippen LogP contribution is -2.22. The number of benzene rings is 1. The standard InChI is InChI=1S/C15H18N4O3/c1-22-14-5-3-13(4-6-14)18-15(21)12(9-17)10-19(11-20)8-2-7-16/h3-6,10-11H,2,7-8,16H2,1H3,(H,18,21)/b12-10-. The second-order valence-corrected chi connectivity index (χ2v) is 4.32. The number of carbonyl (C=O) groups is 2. The number of rotatable bonds is 8. The van der Waals surface area contributed by atoms with Crippen LogP contribution in [0.15, 0.2) is 36.0 Å². The van der Waals surface area contributed by atoms with E-state index in [4.69, 9.17) is 15.7 Å². The molecule has 1 aromatic carbocycles. The van der Waals surface area contributed by atoms with Crippen molar-refractivity contribution in [2.24, 2.45) is 5.73 Å². The number of carbonyl (C=O) groups excluding carboxylic acids is 2. The molecular weight excluding hydrogens is 284 g/mol. The van der Waals surface area contributed by atoms with Crippen molar-refractivity contribution in [3.05, 3.63) is 36.0 Å². The van der Waals surface area contributed by atoms with Crippen LogP contribution in [0.4, 0.5) is 5.69 Å². The average Bonchev–Trinajstić information content (AvgIpc) is 2.55. The monoisotopic (exact) mass is 302 g/mol.